The molecule has 0 amide bonds. The first kappa shape index (κ1) is 12.9. The summed E-state index contributed by atoms with van der Waals surface area (Å²) in [5.41, 5.74) is 1.46. The molecule has 0 saturated heterocycles. The lowest BCUT2D eigenvalue weighted by atomic mass is 9.84. The van der Waals surface area contributed by atoms with Crippen molar-refractivity contribution in [3.8, 4) is 5.75 Å². The predicted octanol–water partition coefficient (Wildman–Crippen LogP) is 3.40. The van der Waals surface area contributed by atoms with Gasteiger partial charge in [0.15, 0.2) is 5.78 Å². The minimum Gasteiger partial charge on any atom is -0.456 e. The van der Waals surface area contributed by atoms with Crippen LogP contribution in [0.15, 0.2) is 54.6 Å². The molecule has 0 aliphatic carbocycles. The Morgan fingerprint density at radius 1 is 1.05 bits per heavy atom. The van der Waals surface area contributed by atoms with Gasteiger partial charge in [-0.2, -0.15) is 0 Å². The Morgan fingerprint density at radius 2 is 1.70 bits per heavy atom. The number of para-hydroxylation sites is 1. The van der Waals surface area contributed by atoms with Crippen molar-refractivity contribution < 1.29 is 14.3 Å². The fourth-order valence-corrected chi connectivity index (χ4v) is 2.73. The van der Waals surface area contributed by atoms with E-state index < -0.39 is 11.7 Å². The molecule has 3 nitrogen and oxygen atoms in total. The van der Waals surface area contributed by atoms with Gasteiger partial charge in [0, 0.05) is 12.7 Å². The van der Waals surface area contributed by atoms with Crippen molar-refractivity contribution in [1.82, 2.24) is 0 Å². The van der Waals surface area contributed by atoms with Gasteiger partial charge in [-0.3, -0.25) is 4.79 Å². The molecule has 2 atom stereocenters. The number of carbonyl (C=O) groups is 1. The molecule has 1 aliphatic heterocycles. The maximum absolute atomic E-state index is 12.6. The zero-order valence-electron chi connectivity index (χ0n) is 11.5. The summed E-state index contributed by atoms with van der Waals surface area (Å²) in [7, 11) is 1.57. The molecule has 2 aromatic rings. The Morgan fingerprint density at radius 3 is 2.40 bits per heavy atom. The fraction of sp³-hybridized carbons (Fsp3) is 0.235. The van der Waals surface area contributed by atoms with Crippen LogP contribution in [0.3, 0.4) is 0 Å². The molecule has 2 aromatic carbocycles. The molecule has 0 bridgehead atoms. The van der Waals surface area contributed by atoms with E-state index in [0.29, 0.717) is 11.3 Å². The third kappa shape index (κ3) is 1.74. The van der Waals surface area contributed by atoms with Gasteiger partial charge in [-0.1, -0.05) is 42.5 Å². The molecule has 1 aliphatic rings. The number of rotatable bonds is 2. The molecule has 0 saturated carbocycles. The lowest BCUT2D eigenvalue weighted by Crippen LogP contribution is -2.48. The summed E-state index contributed by atoms with van der Waals surface area (Å²) < 4.78 is 11.8. The van der Waals surface area contributed by atoms with Gasteiger partial charge in [-0.15, -0.1) is 0 Å². The van der Waals surface area contributed by atoms with Crippen LogP contribution in [0.4, 0.5) is 0 Å². The molecule has 0 aromatic heterocycles. The van der Waals surface area contributed by atoms with Gasteiger partial charge >= 0.3 is 0 Å². The van der Waals surface area contributed by atoms with Crippen LogP contribution < -0.4 is 4.74 Å². The van der Waals surface area contributed by atoms with Crippen molar-refractivity contribution in [2.45, 2.75) is 12.7 Å². The van der Waals surface area contributed by atoms with Crippen LogP contribution in [0.2, 0.25) is 0 Å². The third-order valence-corrected chi connectivity index (χ3v) is 3.86. The number of methoxy groups -OCH3 is 1. The van der Waals surface area contributed by atoms with Gasteiger partial charge in [0.2, 0.25) is 5.79 Å². The average Bonchev–Trinajstić information content (AvgIpc) is 2.52. The van der Waals surface area contributed by atoms with Gasteiger partial charge in [-0.05, 0) is 19.1 Å². The maximum Gasteiger partial charge on any atom is 0.247 e. The van der Waals surface area contributed by atoms with E-state index in [9.17, 15) is 4.79 Å². The zero-order valence-corrected chi connectivity index (χ0v) is 11.5. The zero-order chi connectivity index (χ0) is 14.2. The maximum atomic E-state index is 12.6. The van der Waals surface area contributed by atoms with Crippen LogP contribution in [-0.2, 0) is 10.5 Å². The highest BCUT2D eigenvalue weighted by molar-refractivity contribution is 6.01. The second-order valence-electron chi connectivity index (χ2n) is 4.92. The first-order valence-electron chi connectivity index (χ1n) is 6.62. The first-order valence-corrected chi connectivity index (χ1v) is 6.62. The van der Waals surface area contributed by atoms with Crippen molar-refractivity contribution in [1.29, 1.82) is 0 Å². The van der Waals surface area contributed by atoms with Crippen molar-refractivity contribution in [3.63, 3.8) is 0 Å². The highest BCUT2D eigenvalue weighted by Gasteiger charge is 2.49. The van der Waals surface area contributed by atoms with Crippen LogP contribution in [-0.4, -0.2) is 12.9 Å². The van der Waals surface area contributed by atoms with Crippen LogP contribution in [0, 0.1) is 5.92 Å². The van der Waals surface area contributed by atoms with Crippen LogP contribution in [0.5, 0.6) is 5.75 Å². The molecule has 1 heterocycles. The average molecular weight is 268 g/mol. The Labute approximate surface area is 118 Å². The number of hydrogen-bond acceptors (Lipinski definition) is 3. The quantitative estimate of drug-likeness (QED) is 0.837. The minimum absolute atomic E-state index is 0.0394. The molecule has 2 unspecified atom stereocenters. The highest BCUT2D eigenvalue weighted by Crippen LogP contribution is 2.43. The molecule has 0 radical (unpaired) electrons. The van der Waals surface area contributed by atoms with Crippen molar-refractivity contribution in [2.24, 2.45) is 5.92 Å². The summed E-state index contributed by atoms with van der Waals surface area (Å²) in [6, 6.07) is 16.9. The number of hydrogen-bond donors (Lipinski definition) is 0. The van der Waals surface area contributed by atoms with E-state index in [1.807, 2.05) is 49.4 Å². The normalized spacial score (nSPS) is 24.9. The SMILES string of the molecule is COC1(c2ccccc2)Oc2ccccc2C(=O)C1C. The summed E-state index contributed by atoms with van der Waals surface area (Å²) in [4.78, 5) is 12.6. The monoisotopic (exact) mass is 268 g/mol. The fourth-order valence-electron chi connectivity index (χ4n) is 2.73. The van der Waals surface area contributed by atoms with Crippen LogP contribution in [0.1, 0.15) is 22.8 Å². The smallest absolute Gasteiger partial charge is 0.247 e. The number of benzene rings is 2. The molecule has 20 heavy (non-hydrogen) atoms. The second-order valence-corrected chi connectivity index (χ2v) is 4.92. The van der Waals surface area contributed by atoms with E-state index in [0.717, 1.165) is 5.56 Å². The Balaban J connectivity index is 2.17. The Kier molecular flexibility index (Phi) is 3.07. The minimum atomic E-state index is -1.06. The molecule has 0 N–H and O–H groups in total. The summed E-state index contributed by atoms with van der Waals surface area (Å²) in [6.45, 7) is 1.84. The molecular formula is C17H16O3. The number of Topliss-reactive ketones (excluding diaryl/α,β-unsaturated/α-hetero) is 1. The Bertz CT molecular complexity index is 636. The summed E-state index contributed by atoms with van der Waals surface area (Å²) in [5, 5.41) is 0. The number of ether oxygens (including phenoxy) is 2. The topological polar surface area (TPSA) is 35.5 Å². The third-order valence-electron chi connectivity index (χ3n) is 3.86. The summed E-state index contributed by atoms with van der Waals surface area (Å²) >= 11 is 0. The number of fused-ring (bicyclic) bond motifs is 1. The van der Waals surface area contributed by atoms with E-state index in [1.165, 1.54) is 0 Å². The molecule has 0 spiro atoms. The van der Waals surface area contributed by atoms with E-state index in [2.05, 4.69) is 0 Å². The van der Waals surface area contributed by atoms with Crippen LogP contribution >= 0.6 is 0 Å². The van der Waals surface area contributed by atoms with Gasteiger partial charge in [0.25, 0.3) is 0 Å². The van der Waals surface area contributed by atoms with Crippen molar-refractivity contribution >= 4 is 5.78 Å². The standard InChI is InChI=1S/C17H16O3/c1-12-16(18)14-10-6-7-11-15(14)20-17(12,19-2)13-8-4-3-5-9-13/h3-12H,1-2H3. The molecule has 0 fully saturated rings. The van der Waals surface area contributed by atoms with E-state index >= 15 is 0 Å². The summed E-state index contributed by atoms with van der Waals surface area (Å²) in [6.07, 6.45) is 0. The first-order chi connectivity index (χ1) is 9.69. The largest absolute Gasteiger partial charge is 0.456 e. The van der Waals surface area contributed by atoms with Gasteiger partial charge in [0.05, 0.1) is 11.5 Å². The predicted molar refractivity (Wildman–Crippen MR) is 75.7 cm³/mol. The Hall–Kier alpha value is -2.13. The molecular weight excluding hydrogens is 252 g/mol. The van der Waals surface area contributed by atoms with E-state index in [4.69, 9.17) is 9.47 Å². The number of carbonyl (C=O) groups excluding carboxylic acids is 1. The molecule has 102 valence electrons. The van der Waals surface area contributed by atoms with Gasteiger partial charge < -0.3 is 9.47 Å². The van der Waals surface area contributed by atoms with Crippen molar-refractivity contribution in [3.05, 3.63) is 65.7 Å². The van der Waals surface area contributed by atoms with Crippen LogP contribution in [0.25, 0.3) is 0 Å². The molecule has 3 rings (SSSR count). The number of ketones is 1. The van der Waals surface area contributed by atoms with Gasteiger partial charge in [-0.25, -0.2) is 0 Å². The highest BCUT2D eigenvalue weighted by atomic mass is 16.7. The van der Waals surface area contributed by atoms with Crippen molar-refractivity contribution in [2.75, 3.05) is 7.11 Å². The lowest BCUT2D eigenvalue weighted by molar-refractivity contribution is -0.199. The molecule has 3 heteroatoms. The summed E-state index contributed by atoms with van der Waals surface area (Å²) in [5.74, 6) is -0.865. The van der Waals surface area contributed by atoms with E-state index in [-0.39, 0.29) is 5.78 Å². The lowest BCUT2D eigenvalue weighted by Gasteiger charge is -2.41. The van der Waals surface area contributed by atoms with Gasteiger partial charge in [0.1, 0.15) is 5.75 Å². The van der Waals surface area contributed by atoms with E-state index in [1.54, 1.807) is 19.2 Å². The second kappa shape index (κ2) is 4.76.